The van der Waals surface area contributed by atoms with Crippen LogP contribution in [0, 0.1) is 5.92 Å². The summed E-state index contributed by atoms with van der Waals surface area (Å²) in [6.45, 7) is 9.73. The SMILES string of the molecule is CCOC(CCNC(C(=O)OC)C(C)C)OCC. The summed E-state index contributed by atoms with van der Waals surface area (Å²) in [5.41, 5.74) is 0. The lowest BCUT2D eigenvalue weighted by molar-refractivity contribution is -0.146. The molecule has 1 N–H and O–H groups in total. The quantitative estimate of drug-likeness (QED) is 0.478. The second-order valence-corrected chi connectivity index (χ2v) is 4.33. The molecule has 0 radical (unpaired) electrons. The minimum absolute atomic E-state index is 0.190. The average molecular weight is 261 g/mol. The molecular formula is C13H27NO4. The van der Waals surface area contributed by atoms with E-state index < -0.39 is 0 Å². The van der Waals surface area contributed by atoms with Crippen LogP contribution in [-0.4, -0.2) is 45.2 Å². The number of rotatable bonds is 10. The van der Waals surface area contributed by atoms with Gasteiger partial charge in [0.25, 0.3) is 0 Å². The van der Waals surface area contributed by atoms with Gasteiger partial charge in [0.1, 0.15) is 6.04 Å². The lowest BCUT2D eigenvalue weighted by Gasteiger charge is -2.22. The highest BCUT2D eigenvalue weighted by Gasteiger charge is 2.22. The molecule has 5 nitrogen and oxygen atoms in total. The second kappa shape index (κ2) is 10.3. The van der Waals surface area contributed by atoms with Crippen molar-refractivity contribution in [1.29, 1.82) is 0 Å². The number of esters is 1. The summed E-state index contributed by atoms with van der Waals surface area (Å²) in [5, 5.41) is 3.18. The molecule has 5 heteroatoms. The van der Waals surface area contributed by atoms with Gasteiger partial charge in [0.2, 0.25) is 0 Å². The van der Waals surface area contributed by atoms with Gasteiger partial charge in [-0.3, -0.25) is 4.79 Å². The fraction of sp³-hybridized carbons (Fsp3) is 0.923. The molecule has 0 aromatic carbocycles. The molecule has 18 heavy (non-hydrogen) atoms. The lowest BCUT2D eigenvalue weighted by atomic mass is 10.0. The van der Waals surface area contributed by atoms with Crippen molar-refractivity contribution in [1.82, 2.24) is 5.32 Å². The van der Waals surface area contributed by atoms with E-state index in [4.69, 9.17) is 14.2 Å². The number of methoxy groups -OCH3 is 1. The largest absolute Gasteiger partial charge is 0.468 e. The molecule has 0 fully saturated rings. The molecule has 0 aromatic rings. The van der Waals surface area contributed by atoms with Crippen molar-refractivity contribution in [3.05, 3.63) is 0 Å². The third-order valence-electron chi connectivity index (χ3n) is 2.57. The third-order valence-corrected chi connectivity index (χ3v) is 2.57. The third kappa shape index (κ3) is 6.93. The molecule has 0 aliphatic rings. The Kier molecular flexibility index (Phi) is 9.92. The second-order valence-electron chi connectivity index (χ2n) is 4.33. The Hall–Kier alpha value is -0.650. The van der Waals surface area contributed by atoms with E-state index in [1.54, 1.807) is 0 Å². The number of carbonyl (C=O) groups excluding carboxylic acids is 1. The number of hydrogen-bond donors (Lipinski definition) is 1. The van der Waals surface area contributed by atoms with Gasteiger partial charge in [-0.05, 0) is 19.8 Å². The van der Waals surface area contributed by atoms with Crippen LogP contribution in [0.2, 0.25) is 0 Å². The molecule has 108 valence electrons. The van der Waals surface area contributed by atoms with Crippen LogP contribution >= 0.6 is 0 Å². The van der Waals surface area contributed by atoms with E-state index in [0.717, 1.165) is 0 Å². The van der Waals surface area contributed by atoms with Crippen molar-refractivity contribution in [3.8, 4) is 0 Å². The first kappa shape index (κ1) is 17.4. The number of hydrogen-bond acceptors (Lipinski definition) is 5. The minimum Gasteiger partial charge on any atom is -0.468 e. The maximum atomic E-state index is 11.5. The van der Waals surface area contributed by atoms with Crippen LogP contribution in [0.1, 0.15) is 34.1 Å². The van der Waals surface area contributed by atoms with Crippen molar-refractivity contribution in [2.24, 2.45) is 5.92 Å². The van der Waals surface area contributed by atoms with E-state index >= 15 is 0 Å². The summed E-state index contributed by atoms with van der Waals surface area (Å²) in [6.07, 6.45) is 0.500. The maximum Gasteiger partial charge on any atom is 0.323 e. The topological polar surface area (TPSA) is 56.8 Å². The van der Waals surface area contributed by atoms with Gasteiger partial charge in [0.05, 0.1) is 7.11 Å². The molecule has 0 aliphatic heterocycles. The number of nitrogens with one attached hydrogen (secondary N) is 1. The van der Waals surface area contributed by atoms with E-state index in [-0.39, 0.29) is 24.2 Å². The van der Waals surface area contributed by atoms with Crippen molar-refractivity contribution < 1.29 is 19.0 Å². The van der Waals surface area contributed by atoms with Crippen molar-refractivity contribution in [3.63, 3.8) is 0 Å². The Bertz CT molecular complexity index is 215. The highest BCUT2D eigenvalue weighted by atomic mass is 16.7. The molecule has 0 spiro atoms. The van der Waals surface area contributed by atoms with Crippen LogP contribution in [0.15, 0.2) is 0 Å². The molecule has 0 aliphatic carbocycles. The van der Waals surface area contributed by atoms with E-state index in [0.29, 0.717) is 26.2 Å². The monoisotopic (exact) mass is 261 g/mol. The smallest absolute Gasteiger partial charge is 0.323 e. The van der Waals surface area contributed by atoms with E-state index in [2.05, 4.69) is 5.32 Å². The van der Waals surface area contributed by atoms with Gasteiger partial charge in [-0.2, -0.15) is 0 Å². The highest BCUT2D eigenvalue weighted by Crippen LogP contribution is 2.05. The predicted molar refractivity (Wildman–Crippen MR) is 70.3 cm³/mol. The van der Waals surface area contributed by atoms with Gasteiger partial charge < -0.3 is 19.5 Å². The molecular weight excluding hydrogens is 234 g/mol. The zero-order chi connectivity index (χ0) is 14.0. The lowest BCUT2D eigenvalue weighted by Crippen LogP contribution is -2.43. The Morgan fingerprint density at radius 2 is 1.72 bits per heavy atom. The van der Waals surface area contributed by atoms with Crippen molar-refractivity contribution in [2.75, 3.05) is 26.9 Å². The molecule has 1 unspecified atom stereocenters. The molecule has 0 aromatic heterocycles. The first-order valence-electron chi connectivity index (χ1n) is 6.61. The first-order valence-corrected chi connectivity index (χ1v) is 6.61. The van der Waals surface area contributed by atoms with Gasteiger partial charge in [-0.15, -0.1) is 0 Å². The summed E-state index contributed by atoms with van der Waals surface area (Å²) in [6, 6.07) is -0.279. The normalized spacial score (nSPS) is 13.1. The fourth-order valence-corrected chi connectivity index (χ4v) is 1.66. The Morgan fingerprint density at radius 1 is 1.17 bits per heavy atom. The van der Waals surface area contributed by atoms with Crippen molar-refractivity contribution >= 4 is 5.97 Å². The molecule has 1 atom stereocenters. The Balaban J connectivity index is 4.06. The zero-order valence-electron chi connectivity index (χ0n) is 12.2. The van der Waals surface area contributed by atoms with Crippen LogP contribution in [-0.2, 0) is 19.0 Å². The van der Waals surface area contributed by atoms with Crippen LogP contribution < -0.4 is 5.32 Å². The average Bonchev–Trinajstić information content (AvgIpc) is 2.33. The molecule has 0 saturated heterocycles. The van der Waals surface area contributed by atoms with E-state index in [1.165, 1.54) is 7.11 Å². The Labute approximate surface area is 110 Å². The molecule has 0 saturated carbocycles. The van der Waals surface area contributed by atoms with Crippen molar-refractivity contribution in [2.45, 2.75) is 46.4 Å². The first-order chi connectivity index (χ1) is 8.56. The summed E-state index contributed by atoms with van der Waals surface area (Å²) in [7, 11) is 1.41. The minimum atomic E-state index is -0.279. The van der Waals surface area contributed by atoms with Gasteiger partial charge in [0, 0.05) is 26.2 Å². The molecule has 0 bridgehead atoms. The summed E-state index contributed by atoms with van der Waals surface area (Å²) in [4.78, 5) is 11.5. The summed E-state index contributed by atoms with van der Waals surface area (Å²) < 4.78 is 15.6. The number of carbonyl (C=O) groups is 1. The summed E-state index contributed by atoms with van der Waals surface area (Å²) in [5.74, 6) is -0.0375. The van der Waals surface area contributed by atoms with Gasteiger partial charge >= 0.3 is 5.97 Å². The molecule has 0 rings (SSSR count). The van der Waals surface area contributed by atoms with E-state index in [1.807, 2.05) is 27.7 Å². The molecule has 0 amide bonds. The van der Waals surface area contributed by atoms with Crippen LogP contribution in [0.4, 0.5) is 0 Å². The Morgan fingerprint density at radius 3 is 2.11 bits per heavy atom. The number of ether oxygens (including phenoxy) is 3. The fourth-order valence-electron chi connectivity index (χ4n) is 1.66. The highest BCUT2D eigenvalue weighted by molar-refractivity contribution is 5.75. The predicted octanol–water partition coefficient (Wildman–Crippen LogP) is 1.56. The standard InChI is InChI=1S/C13H27NO4/c1-6-17-11(18-7-2)8-9-14-12(10(3)4)13(15)16-5/h10-12,14H,6-9H2,1-5H3. The summed E-state index contributed by atoms with van der Waals surface area (Å²) >= 11 is 0. The van der Waals surface area contributed by atoms with Gasteiger partial charge in [0.15, 0.2) is 6.29 Å². The van der Waals surface area contributed by atoms with Crippen LogP contribution in [0.5, 0.6) is 0 Å². The maximum absolute atomic E-state index is 11.5. The zero-order valence-corrected chi connectivity index (χ0v) is 12.2. The van der Waals surface area contributed by atoms with Gasteiger partial charge in [-0.25, -0.2) is 0 Å². The molecule has 0 heterocycles. The van der Waals surface area contributed by atoms with Gasteiger partial charge in [-0.1, -0.05) is 13.8 Å². The van der Waals surface area contributed by atoms with E-state index in [9.17, 15) is 4.79 Å². The van der Waals surface area contributed by atoms with Crippen LogP contribution in [0.25, 0.3) is 0 Å². The van der Waals surface area contributed by atoms with Crippen LogP contribution in [0.3, 0.4) is 0 Å².